The monoisotopic (exact) mass is 209 g/mol. The molecule has 0 amide bonds. The fourth-order valence-electron chi connectivity index (χ4n) is 0.729. The van der Waals surface area contributed by atoms with Crippen LogP contribution in [0.15, 0.2) is 6.07 Å². The Kier molecular flexibility index (Phi) is 2.87. The molecule has 13 heavy (non-hydrogen) atoms. The van der Waals surface area contributed by atoms with E-state index in [0.717, 1.165) is 6.07 Å². The minimum Gasteiger partial charge on any atom is -0.298 e. The standard InChI is InChI=1S/C7H3ClF3NO/c8-4-1-5(6(9)10)12-7(11)3(4)2-13/h1-2,6H. The molecule has 6 heteroatoms. The van der Waals surface area contributed by atoms with Crippen molar-refractivity contribution in [2.75, 3.05) is 0 Å². The van der Waals surface area contributed by atoms with Crippen molar-refractivity contribution < 1.29 is 18.0 Å². The third-order valence-electron chi connectivity index (χ3n) is 1.32. The number of hydrogen-bond donors (Lipinski definition) is 0. The highest BCUT2D eigenvalue weighted by molar-refractivity contribution is 6.32. The van der Waals surface area contributed by atoms with Gasteiger partial charge in [-0.3, -0.25) is 4.79 Å². The van der Waals surface area contributed by atoms with Gasteiger partial charge in [-0.1, -0.05) is 11.6 Å². The van der Waals surface area contributed by atoms with Crippen LogP contribution in [0.1, 0.15) is 22.5 Å². The molecule has 0 bridgehead atoms. The molecule has 1 heterocycles. The lowest BCUT2D eigenvalue weighted by Gasteiger charge is -2.01. The Morgan fingerprint density at radius 1 is 1.54 bits per heavy atom. The maximum absolute atomic E-state index is 12.7. The Bertz CT molecular complexity index is 320. The Hall–Kier alpha value is -1.10. The maximum atomic E-state index is 12.7. The van der Waals surface area contributed by atoms with Gasteiger partial charge in [-0.05, 0) is 6.07 Å². The smallest absolute Gasteiger partial charge is 0.280 e. The molecule has 0 saturated carbocycles. The molecule has 0 saturated heterocycles. The summed E-state index contributed by atoms with van der Waals surface area (Å²) in [5.41, 5.74) is -1.29. The molecule has 0 aliphatic rings. The summed E-state index contributed by atoms with van der Waals surface area (Å²) in [5, 5.41) is -0.363. The number of alkyl halides is 2. The number of hydrogen-bond acceptors (Lipinski definition) is 2. The molecule has 0 N–H and O–H groups in total. The van der Waals surface area contributed by atoms with Crippen LogP contribution in [0.2, 0.25) is 5.02 Å². The molecule has 0 aromatic carbocycles. The fraction of sp³-hybridized carbons (Fsp3) is 0.143. The highest BCUT2D eigenvalue weighted by Crippen LogP contribution is 2.23. The van der Waals surface area contributed by atoms with Crippen LogP contribution in [0.3, 0.4) is 0 Å². The third kappa shape index (κ3) is 1.98. The van der Waals surface area contributed by atoms with Gasteiger partial charge in [0.1, 0.15) is 5.69 Å². The van der Waals surface area contributed by atoms with Gasteiger partial charge in [-0.15, -0.1) is 0 Å². The molecule has 0 spiro atoms. The number of rotatable bonds is 2. The minimum absolute atomic E-state index is 0.125. The molecular weight excluding hydrogens is 207 g/mol. The van der Waals surface area contributed by atoms with Crippen molar-refractivity contribution in [3.05, 3.63) is 28.3 Å². The van der Waals surface area contributed by atoms with Crippen LogP contribution in [0.5, 0.6) is 0 Å². The lowest BCUT2D eigenvalue weighted by Crippen LogP contribution is -1.99. The van der Waals surface area contributed by atoms with E-state index in [2.05, 4.69) is 4.98 Å². The number of pyridine rings is 1. The molecule has 1 aromatic heterocycles. The number of aromatic nitrogens is 1. The van der Waals surface area contributed by atoms with Crippen molar-refractivity contribution in [3.63, 3.8) is 0 Å². The van der Waals surface area contributed by atoms with E-state index in [0.29, 0.717) is 0 Å². The van der Waals surface area contributed by atoms with Crippen molar-refractivity contribution in [3.8, 4) is 0 Å². The zero-order chi connectivity index (χ0) is 10.0. The average Bonchev–Trinajstić information content (AvgIpc) is 2.03. The molecule has 0 unspecified atom stereocenters. The number of halogens is 4. The molecule has 1 rings (SSSR count). The summed E-state index contributed by atoms with van der Waals surface area (Å²) in [5.74, 6) is -1.28. The van der Waals surface area contributed by atoms with Gasteiger partial charge in [-0.2, -0.15) is 4.39 Å². The molecule has 0 fully saturated rings. The summed E-state index contributed by atoms with van der Waals surface area (Å²) in [6.45, 7) is 0. The highest BCUT2D eigenvalue weighted by atomic mass is 35.5. The van der Waals surface area contributed by atoms with Gasteiger partial charge < -0.3 is 0 Å². The largest absolute Gasteiger partial charge is 0.298 e. The van der Waals surface area contributed by atoms with E-state index in [-0.39, 0.29) is 11.3 Å². The van der Waals surface area contributed by atoms with Crippen LogP contribution in [0.4, 0.5) is 13.2 Å². The van der Waals surface area contributed by atoms with E-state index in [1.165, 1.54) is 0 Å². The highest BCUT2D eigenvalue weighted by Gasteiger charge is 2.15. The Labute approximate surface area is 76.3 Å². The summed E-state index contributed by atoms with van der Waals surface area (Å²) < 4.78 is 36.7. The van der Waals surface area contributed by atoms with Crippen LogP contribution >= 0.6 is 11.6 Å². The Morgan fingerprint density at radius 3 is 2.54 bits per heavy atom. The predicted molar refractivity (Wildman–Crippen MR) is 39.5 cm³/mol. The first kappa shape index (κ1) is 9.98. The molecule has 0 atom stereocenters. The predicted octanol–water partition coefficient (Wildman–Crippen LogP) is 2.62. The first-order valence-electron chi connectivity index (χ1n) is 3.15. The van der Waals surface area contributed by atoms with Crippen molar-refractivity contribution in [2.24, 2.45) is 0 Å². The maximum Gasteiger partial charge on any atom is 0.280 e. The van der Waals surface area contributed by atoms with Crippen molar-refractivity contribution >= 4 is 17.9 Å². The zero-order valence-electron chi connectivity index (χ0n) is 6.10. The lowest BCUT2D eigenvalue weighted by molar-refractivity contribution is 0.111. The van der Waals surface area contributed by atoms with Crippen molar-refractivity contribution in [1.29, 1.82) is 0 Å². The quantitative estimate of drug-likeness (QED) is 0.554. The topological polar surface area (TPSA) is 30.0 Å². The van der Waals surface area contributed by atoms with Crippen LogP contribution in [0, 0.1) is 5.95 Å². The van der Waals surface area contributed by atoms with E-state index in [4.69, 9.17) is 11.6 Å². The number of aldehydes is 1. The van der Waals surface area contributed by atoms with Crippen LogP contribution in [-0.2, 0) is 0 Å². The number of carbonyl (C=O) groups excluding carboxylic acids is 1. The first-order valence-corrected chi connectivity index (χ1v) is 3.53. The SMILES string of the molecule is O=Cc1c(Cl)cc(C(F)F)nc1F. The summed E-state index contributed by atoms with van der Waals surface area (Å²) in [7, 11) is 0. The van der Waals surface area contributed by atoms with Gasteiger partial charge in [0.05, 0.1) is 10.6 Å². The van der Waals surface area contributed by atoms with Gasteiger partial charge in [0.25, 0.3) is 6.43 Å². The second-order valence-corrected chi connectivity index (χ2v) is 2.56. The molecular formula is C7H3ClF3NO. The third-order valence-corrected chi connectivity index (χ3v) is 1.64. The summed E-state index contributed by atoms with van der Waals surface area (Å²) in [6.07, 6.45) is -2.78. The average molecular weight is 210 g/mol. The van der Waals surface area contributed by atoms with E-state index in [1.807, 2.05) is 0 Å². The second-order valence-electron chi connectivity index (χ2n) is 2.15. The normalized spacial score (nSPS) is 10.5. The summed E-state index contributed by atoms with van der Waals surface area (Å²) >= 11 is 5.33. The first-order chi connectivity index (χ1) is 6.06. The molecule has 0 aliphatic carbocycles. The van der Waals surface area contributed by atoms with Gasteiger partial charge >= 0.3 is 0 Å². The molecule has 0 aliphatic heterocycles. The van der Waals surface area contributed by atoms with Crippen LogP contribution in [-0.4, -0.2) is 11.3 Å². The van der Waals surface area contributed by atoms with Crippen LogP contribution < -0.4 is 0 Å². The van der Waals surface area contributed by atoms with E-state index >= 15 is 0 Å². The van der Waals surface area contributed by atoms with Gasteiger partial charge in [0.2, 0.25) is 5.95 Å². The minimum atomic E-state index is -2.91. The molecule has 70 valence electrons. The number of nitrogens with zero attached hydrogens (tertiary/aromatic N) is 1. The van der Waals surface area contributed by atoms with E-state index in [9.17, 15) is 18.0 Å². The van der Waals surface area contributed by atoms with Crippen molar-refractivity contribution in [1.82, 2.24) is 4.98 Å². The summed E-state index contributed by atoms with van der Waals surface area (Å²) in [4.78, 5) is 13.0. The molecule has 2 nitrogen and oxygen atoms in total. The van der Waals surface area contributed by atoms with Gasteiger partial charge in [0, 0.05) is 0 Å². The van der Waals surface area contributed by atoms with E-state index in [1.54, 1.807) is 0 Å². The summed E-state index contributed by atoms with van der Waals surface area (Å²) in [6, 6.07) is 0.763. The lowest BCUT2D eigenvalue weighted by atomic mass is 10.2. The molecule has 1 aromatic rings. The fourth-order valence-corrected chi connectivity index (χ4v) is 0.963. The molecule has 0 radical (unpaired) electrons. The van der Waals surface area contributed by atoms with Gasteiger partial charge in [-0.25, -0.2) is 13.8 Å². The number of carbonyl (C=O) groups is 1. The van der Waals surface area contributed by atoms with Crippen molar-refractivity contribution in [2.45, 2.75) is 6.43 Å². The van der Waals surface area contributed by atoms with Gasteiger partial charge in [0.15, 0.2) is 6.29 Å². The van der Waals surface area contributed by atoms with Crippen LogP contribution in [0.25, 0.3) is 0 Å². The zero-order valence-corrected chi connectivity index (χ0v) is 6.86. The Balaban J connectivity index is 3.28. The Morgan fingerprint density at radius 2 is 2.15 bits per heavy atom. The van der Waals surface area contributed by atoms with E-state index < -0.39 is 23.6 Å². The second kappa shape index (κ2) is 3.74.